The van der Waals surface area contributed by atoms with Gasteiger partial charge in [-0.15, -0.1) is 0 Å². The number of nitrogens with zero attached hydrogens (tertiary/aromatic N) is 4. The monoisotopic (exact) mass is 388 g/mol. The highest BCUT2D eigenvalue weighted by atomic mass is 16.5. The highest BCUT2D eigenvalue weighted by Crippen LogP contribution is 2.26. The number of aryl methyl sites for hydroxylation is 1. The Hall–Kier alpha value is -1.73. The molecule has 7 nitrogen and oxygen atoms in total. The Kier molecular flexibility index (Phi) is 5.83. The fourth-order valence-corrected chi connectivity index (χ4v) is 4.83. The maximum atomic E-state index is 12.7. The van der Waals surface area contributed by atoms with Gasteiger partial charge in [0.2, 0.25) is 5.91 Å². The number of amides is 1. The van der Waals surface area contributed by atoms with Crippen molar-refractivity contribution in [1.82, 2.24) is 19.4 Å². The van der Waals surface area contributed by atoms with Crippen molar-refractivity contribution in [3.63, 3.8) is 0 Å². The second kappa shape index (κ2) is 8.33. The van der Waals surface area contributed by atoms with E-state index in [2.05, 4.69) is 4.90 Å². The van der Waals surface area contributed by atoms with Crippen LogP contribution in [0.3, 0.4) is 0 Å². The quantitative estimate of drug-likeness (QED) is 0.783. The molecule has 7 heteroatoms. The van der Waals surface area contributed by atoms with Crippen LogP contribution in [0.5, 0.6) is 0 Å². The molecule has 2 saturated heterocycles. The zero-order chi connectivity index (χ0) is 19.7. The number of fused-ring (bicyclic) bond motifs is 1. The summed E-state index contributed by atoms with van der Waals surface area (Å²) < 4.78 is 7.58. The third-order valence-corrected chi connectivity index (χ3v) is 6.21. The van der Waals surface area contributed by atoms with E-state index in [4.69, 9.17) is 9.72 Å². The van der Waals surface area contributed by atoms with Gasteiger partial charge in [0.1, 0.15) is 5.82 Å². The van der Waals surface area contributed by atoms with E-state index in [9.17, 15) is 9.59 Å². The molecule has 0 aliphatic carbocycles. The summed E-state index contributed by atoms with van der Waals surface area (Å²) in [5.41, 5.74) is 1.01. The van der Waals surface area contributed by atoms with Crippen LogP contribution in [0.25, 0.3) is 0 Å². The first-order valence-corrected chi connectivity index (χ1v) is 10.8. The van der Waals surface area contributed by atoms with Gasteiger partial charge in [-0.05, 0) is 39.7 Å². The van der Waals surface area contributed by atoms with Crippen LogP contribution in [-0.4, -0.2) is 70.2 Å². The van der Waals surface area contributed by atoms with Crippen LogP contribution in [0.4, 0.5) is 0 Å². The minimum absolute atomic E-state index is 0.0905. The second-order valence-corrected chi connectivity index (χ2v) is 8.67. The maximum Gasteiger partial charge on any atom is 0.253 e. The van der Waals surface area contributed by atoms with Gasteiger partial charge in [-0.2, -0.15) is 0 Å². The lowest BCUT2D eigenvalue weighted by molar-refractivity contribution is -0.144. The van der Waals surface area contributed by atoms with E-state index in [1.165, 1.54) is 0 Å². The summed E-state index contributed by atoms with van der Waals surface area (Å²) in [7, 11) is 0. The van der Waals surface area contributed by atoms with Crippen LogP contribution in [0.15, 0.2) is 10.9 Å². The van der Waals surface area contributed by atoms with Gasteiger partial charge in [0.05, 0.1) is 24.4 Å². The van der Waals surface area contributed by atoms with Crippen molar-refractivity contribution < 1.29 is 9.53 Å². The molecule has 0 aromatic carbocycles. The number of ether oxygens (including phenoxy) is 1. The predicted molar refractivity (Wildman–Crippen MR) is 106 cm³/mol. The Morgan fingerprint density at radius 1 is 1.14 bits per heavy atom. The molecular weight excluding hydrogens is 356 g/mol. The lowest BCUT2D eigenvalue weighted by atomic mass is 10.0. The highest BCUT2D eigenvalue weighted by molar-refractivity contribution is 5.78. The van der Waals surface area contributed by atoms with Crippen LogP contribution < -0.4 is 5.56 Å². The lowest BCUT2D eigenvalue weighted by Crippen LogP contribution is -2.50. The van der Waals surface area contributed by atoms with E-state index in [-0.39, 0.29) is 29.6 Å². The van der Waals surface area contributed by atoms with Crippen LogP contribution >= 0.6 is 0 Å². The number of aromatic nitrogens is 2. The molecule has 154 valence electrons. The smallest absolute Gasteiger partial charge is 0.253 e. The molecule has 2 fully saturated rings. The van der Waals surface area contributed by atoms with E-state index >= 15 is 0 Å². The zero-order valence-electron chi connectivity index (χ0n) is 17.1. The number of likely N-dealkylation sites (tertiary alicyclic amines) is 1. The standard InChI is InChI=1S/C21H32N4O3/c1-15-11-24(12-16(2)28-15)21(27)14-23-9-7-17(13-23)18-10-20(26)25-8-5-3-4-6-19(25)22-18/h10,15-17H,3-9,11-14H2,1-2H3/t15-,16-,17+/m1/s1. The van der Waals surface area contributed by atoms with Gasteiger partial charge in [0.25, 0.3) is 5.56 Å². The van der Waals surface area contributed by atoms with E-state index in [1.807, 2.05) is 23.3 Å². The maximum absolute atomic E-state index is 12.7. The molecular formula is C21H32N4O3. The molecule has 0 bridgehead atoms. The van der Waals surface area contributed by atoms with Crippen molar-refractivity contribution in [2.75, 3.05) is 32.7 Å². The lowest BCUT2D eigenvalue weighted by Gasteiger charge is -2.36. The molecule has 0 N–H and O–H groups in total. The molecule has 4 rings (SSSR count). The van der Waals surface area contributed by atoms with Crippen molar-refractivity contribution in [3.05, 3.63) is 27.9 Å². The summed E-state index contributed by atoms with van der Waals surface area (Å²) in [5, 5.41) is 0. The van der Waals surface area contributed by atoms with Gasteiger partial charge < -0.3 is 9.64 Å². The molecule has 3 aliphatic rings. The van der Waals surface area contributed by atoms with Crippen LogP contribution in [-0.2, 0) is 22.5 Å². The van der Waals surface area contributed by atoms with Crippen LogP contribution in [0, 0.1) is 0 Å². The normalized spacial score (nSPS) is 28.8. The number of carbonyl (C=O) groups is 1. The fraction of sp³-hybridized carbons (Fsp3) is 0.762. The zero-order valence-corrected chi connectivity index (χ0v) is 17.1. The van der Waals surface area contributed by atoms with E-state index in [1.54, 1.807) is 6.07 Å². The topological polar surface area (TPSA) is 67.7 Å². The Morgan fingerprint density at radius 2 is 1.93 bits per heavy atom. The van der Waals surface area contributed by atoms with Crippen molar-refractivity contribution in [1.29, 1.82) is 0 Å². The average Bonchev–Trinajstić information content (AvgIpc) is 2.97. The molecule has 1 amide bonds. The van der Waals surface area contributed by atoms with Crippen molar-refractivity contribution in [2.24, 2.45) is 0 Å². The minimum atomic E-state index is 0.0905. The van der Waals surface area contributed by atoms with Crippen molar-refractivity contribution >= 4 is 5.91 Å². The SMILES string of the molecule is C[C@@H]1CN(C(=O)CN2CC[C@H](c3cc(=O)n4c(n3)CCCCC4)C2)C[C@@H](C)O1. The minimum Gasteiger partial charge on any atom is -0.372 e. The van der Waals surface area contributed by atoms with E-state index in [0.29, 0.717) is 19.6 Å². The summed E-state index contributed by atoms with van der Waals surface area (Å²) in [6.45, 7) is 8.30. The van der Waals surface area contributed by atoms with Crippen molar-refractivity contribution in [3.8, 4) is 0 Å². The summed E-state index contributed by atoms with van der Waals surface area (Å²) in [5.74, 6) is 1.38. The molecule has 28 heavy (non-hydrogen) atoms. The molecule has 0 saturated carbocycles. The van der Waals surface area contributed by atoms with Crippen molar-refractivity contribution in [2.45, 2.75) is 70.6 Å². The summed E-state index contributed by atoms with van der Waals surface area (Å²) >= 11 is 0. The molecule has 0 radical (unpaired) electrons. The number of hydrogen-bond acceptors (Lipinski definition) is 5. The summed E-state index contributed by atoms with van der Waals surface area (Å²) in [4.78, 5) is 34.3. The first-order valence-electron chi connectivity index (χ1n) is 10.8. The molecule has 0 spiro atoms. The van der Waals surface area contributed by atoms with E-state index < -0.39 is 0 Å². The van der Waals surface area contributed by atoms with Gasteiger partial charge in [-0.3, -0.25) is 19.1 Å². The van der Waals surface area contributed by atoms with Gasteiger partial charge in [-0.1, -0.05) is 6.42 Å². The summed E-state index contributed by atoms with van der Waals surface area (Å²) in [6, 6.07) is 1.73. The molecule has 3 atom stereocenters. The van der Waals surface area contributed by atoms with E-state index in [0.717, 1.165) is 63.3 Å². The van der Waals surface area contributed by atoms with Gasteiger partial charge in [0.15, 0.2) is 0 Å². The van der Waals surface area contributed by atoms with Crippen LogP contribution in [0.1, 0.15) is 57.0 Å². The highest BCUT2D eigenvalue weighted by Gasteiger charge is 2.31. The molecule has 0 unspecified atom stereocenters. The molecule has 3 aliphatic heterocycles. The number of carbonyl (C=O) groups excluding carboxylic acids is 1. The first kappa shape index (κ1) is 19.6. The average molecular weight is 389 g/mol. The predicted octanol–water partition coefficient (Wildman–Crippen LogP) is 1.39. The Bertz CT molecular complexity index is 767. The summed E-state index contributed by atoms with van der Waals surface area (Å²) in [6.07, 6.45) is 5.37. The van der Waals surface area contributed by atoms with Gasteiger partial charge >= 0.3 is 0 Å². The number of rotatable bonds is 3. The number of morpholine rings is 1. The molecule has 1 aromatic heterocycles. The fourth-order valence-electron chi connectivity index (χ4n) is 4.83. The molecule has 1 aromatic rings. The second-order valence-electron chi connectivity index (χ2n) is 8.67. The Morgan fingerprint density at radius 3 is 2.71 bits per heavy atom. The third kappa shape index (κ3) is 4.30. The van der Waals surface area contributed by atoms with Gasteiger partial charge in [-0.25, -0.2) is 4.98 Å². The first-order chi connectivity index (χ1) is 13.5. The van der Waals surface area contributed by atoms with Crippen LogP contribution in [0.2, 0.25) is 0 Å². The Labute approximate surface area is 166 Å². The third-order valence-electron chi connectivity index (χ3n) is 6.21. The number of hydrogen-bond donors (Lipinski definition) is 0. The Balaban J connectivity index is 1.39. The largest absolute Gasteiger partial charge is 0.372 e. The molecule has 4 heterocycles. The van der Waals surface area contributed by atoms with Gasteiger partial charge in [0, 0.05) is 44.6 Å².